The van der Waals surface area contributed by atoms with Crippen LogP contribution >= 0.6 is 0 Å². The first-order chi connectivity index (χ1) is 10.5. The highest BCUT2D eigenvalue weighted by atomic mass is 16.5. The van der Waals surface area contributed by atoms with Crippen molar-refractivity contribution in [1.29, 1.82) is 0 Å². The Bertz CT molecular complexity index is 506. The number of ether oxygens (including phenoxy) is 1. The number of benzene rings is 1. The standard InChI is InChI=1S/C18H28N2O2/c1-5-22-18-7-6-15(14(2)3)12-16(18)17(21)13-20-10-8-19(4)9-11-20/h6-7,12,14H,5,8-11,13H2,1-4H3. The Hall–Kier alpha value is -1.39. The zero-order valence-corrected chi connectivity index (χ0v) is 14.3. The van der Waals surface area contributed by atoms with E-state index in [9.17, 15) is 4.79 Å². The van der Waals surface area contributed by atoms with E-state index in [1.54, 1.807) is 0 Å². The maximum Gasteiger partial charge on any atom is 0.180 e. The normalized spacial score (nSPS) is 17.0. The number of nitrogens with zero attached hydrogens (tertiary/aromatic N) is 2. The first kappa shape index (κ1) is 17.0. The third-order valence-electron chi connectivity index (χ3n) is 4.23. The van der Waals surface area contributed by atoms with Crippen LogP contribution in [-0.4, -0.2) is 62.0 Å². The van der Waals surface area contributed by atoms with E-state index < -0.39 is 0 Å². The second-order valence-corrected chi connectivity index (χ2v) is 6.35. The van der Waals surface area contributed by atoms with Gasteiger partial charge in [-0.1, -0.05) is 19.9 Å². The zero-order valence-electron chi connectivity index (χ0n) is 14.3. The van der Waals surface area contributed by atoms with E-state index in [1.807, 2.05) is 19.1 Å². The molecule has 4 heteroatoms. The molecule has 1 saturated heterocycles. The number of hydrogen-bond donors (Lipinski definition) is 0. The first-order valence-corrected chi connectivity index (χ1v) is 8.22. The van der Waals surface area contributed by atoms with Gasteiger partial charge in [0.1, 0.15) is 5.75 Å². The van der Waals surface area contributed by atoms with Crippen LogP contribution < -0.4 is 4.74 Å². The SMILES string of the molecule is CCOc1ccc(C(C)C)cc1C(=O)CN1CCN(C)CC1. The molecule has 0 atom stereocenters. The summed E-state index contributed by atoms with van der Waals surface area (Å²) in [6, 6.07) is 6.01. The van der Waals surface area contributed by atoms with Crippen molar-refractivity contribution in [2.24, 2.45) is 0 Å². The predicted octanol–water partition coefficient (Wildman–Crippen LogP) is 2.64. The van der Waals surface area contributed by atoms with Crippen LogP contribution in [0.2, 0.25) is 0 Å². The average Bonchev–Trinajstić information content (AvgIpc) is 2.50. The van der Waals surface area contributed by atoms with Crippen molar-refractivity contribution in [3.63, 3.8) is 0 Å². The third kappa shape index (κ3) is 4.31. The minimum Gasteiger partial charge on any atom is -0.493 e. The molecular formula is C18H28N2O2. The zero-order chi connectivity index (χ0) is 16.1. The van der Waals surface area contributed by atoms with Gasteiger partial charge in [0.05, 0.1) is 18.7 Å². The Labute approximate surface area is 134 Å². The lowest BCUT2D eigenvalue weighted by atomic mass is 9.98. The summed E-state index contributed by atoms with van der Waals surface area (Å²) >= 11 is 0. The Morgan fingerprint density at radius 3 is 2.50 bits per heavy atom. The van der Waals surface area contributed by atoms with E-state index in [4.69, 9.17) is 4.74 Å². The minimum absolute atomic E-state index is 0.163. The summed E-state index contributed by atoms with van der Waals surface area (Å²) in [4.78, 5) is 17.3. The minimum atomic E-state index is 0.163. The highest BCUT2D eigenvalue weighted by Crippen LogP contribution is 2.25. The van der Waals surface area contributed by atoms with Gasteiger partial charge in [-0.25, -0.2) is 0 Å². The molecule has 22 heavy (non-hydrogen) atoms. The van der Waals surface area contributed by atoms with E-state index >= 15 is 0 Å². The lowest BCUT2D eigenvalue weighted by Crippen LogP contribution is -2.46. The van der Waals surface area contributed by atoms with Crippen LogP contribution in [0.5, 0.6) is 5.75 Å². The van der Waals surface area contributed by atoms with Crippen molar-refractivity contribution in [1.82, 2.24) is 9.80 Å². The number of ketones is 1. The van der Waals surface area contributed by atoms with Gasteiger partial charge in [-0.3, -0.25) is 9.69 Å². The topological polar surface area (TPSA) is 32.8 Å². The number of carbonyl (C=O) groups excluding carboxylic acids is 1. The molecule has 0 amide bonds. The van der Waals surface area contributed by atoms with Crippen molar-refractivity contribution in [3.8, 4) is 5.75 Å². The van der Waals surface area contributed by atoms with Gasteiger partial charge in [0.25, 0.3) is 0 Å². The van der Waals surface area contributed by atoms with Crippen molar-refractivity contribution in [2.45, 2.75) is 26.7 Å². The van der Waals surface area contributed by atoms with Crippen molar-refractivity contribution in [3.05, 3.63) is 29.3 Å². The van der Waals surface area contributed by atoms with Crippen LogP contribution in [0.15, 0.2) is 18.2 Å². The predicted molar refractivity (Wildman–Crippen MR) is 90.0 cm³/mol. The van der Waals surface area contributed by atoms with Crippen LogP contribution in [0.4, 0.5) is 0 Å². The third-order valence-corrected chi connectivity index (χ3v) is 4.23. The first-order valence-electron chi connectivity index (χ1n) is 8.22. The van der Waals surface area contributed by atoms with E-state index in [0.717, 1.165) is 31.7 Å². The van der Waals surface area contributed by atoms with Crippen molar-refractivity contribution >= 4 is 5.78 Å². The smallest absolute Gasteiger partial charge is 0.180 e. The second-order valence-electron chi connectivity index (χ2n) is 6.35. The molecule has 1 aromatic rings. The molecule has 1 aliphatic rings. The number of likely N-dealkylation sites (N-methyl/N-ethyl adjacent to an activating group) is 1. The van der Waals surface area contributed by atoms with Gasteiger partial charge in [-0.05, 0) is 37.6 Å². The lowest BCUT2D eigenvalue weighted by Gasteiger charge is -2.31. The molecule has 1 heterocycles. The molecule has 1 aliphatic heterocycles. The summed E-state index contributed by atoms with van der Waals surface area (Å²) in [7, 11) is 2.12. The molecule has 1 aromatic carbocycles. The fourth-order valence-corrected chi connectivity index (χ4v) is 2.70. The molecule has 1 fully saturated rings. The summed E-state index contributed by atoms with van der Waals surface area (Å²) in [5.74, 6) is 1.28. The Morgan fingerprint density at radius 2 is 1.91 bits per heavy atom. The van der Waals surface area contributed by atoms with Gasteiger partial charge >= 0.3 is 0 Å². The van der Waals surface area contributed by atoms with Crippen molar-refractivity contribution < 1.29 is 9.53 Å². The maximum absolute atomic E-state index is 12.7. The molecule has 0 saturated carbocycles. The van der Waals surface area contributed by atoms with Crippen molar-refractivity contribution in [2.75, 3.05) is 46.4 Å². The Balaban J connectivity index is 2.14. The van der Waals surface area contributed by atoms with Gasteiger partial charge in [0.2, 0.25) is 0 Å². The van der Waals surface area contributed by atoms with Crippen LogP contribution in [0, 0.1) is 0 Å². The molecule has 0 N–H and O–H groups in total. The van der Waals surface area contributed by atoms with Crippen LogP contribution in [0.25, 0.3) is 0 Å². The van der Waals surface area contributed by atoms with Gasteiger partial charge in [-0.2, -0.15) is 0 Å². The number of hydrogen-bond acceptors (Lipinski definition) is 4. The highest BCUT2D eigenvalue weighted by Gasteiger charge is 2.20. The van der Waals surface area contributed by atoms with Gasteiger partial charge in [-0.15, -0.1) is 0 Å². The Kier molecular flexibility index (Phi) is 5.98. The summed E-state index contributed by atoms with van der Waals surface area (Å²) in [5, 5.41) is 0. The number of rotatable bonds is 6. The lowest BCUT2D eigenvalue weighted by molar-refractivity contribution is 0.0873. The Morgan fingerprint density at radius 1 is 1.23 bits per heavy atom. The number of piperazine rings is 1. The van der Waals surface area contributed by atoms with Crippen LogP contribution in [0.3, 0.4) is 0 Å². The highest BCUT2D eigenvalue weighted by molar-refractivity contribution is 6.00. The van der Waals surface area contributed by atoms with E-state index in [0.29, 0.717) is 24.8 Å². The maximum atomic E-state index is 12.7. The molecule has 0 spiro atoms. The molecular weight excluding hydrogens is 276 g/mol. The van der Waals surface area contributed by atoms with Gasteiger partial charge < -0.3 is 9.64 Å². The quantitative estimate of drug-likeness (QED) is 0.757. The van der Waals surface area contributed by atoms with E-state index in [-0.39, 0.29) is 5.78 Å². The van der Waals surface area contributed by atoms with Crippen LogP contribution in [-0.2, 0) is 0 Å². The fourth-order valence-electron chi connectivity index (χ4n) is 2.70. The molecule has 0 radical (unpaired) electrons. The van der Waals surface area contributed by atoms with E-state index in [1.165, 1.54) is 5.56 Å². The molecule has 2 rings (SSSR count). The van der Waals surface area contributed by atoms with E-state index in [2.05, 4.69) is 36.8 Å². The molecule has 0 unspecified atom stereocenters. The number of Topliss-reactive ketones (excluding diaryl/α,β-unsaturated/α-hetero) is 1. The van der Waals surface area contributed by atoms with Crippen LogP contribution in [0.1, 0.15) is 42.6 Å². The monoisotopic (exact) mass is 304 g/mol. The molecule has 0 bridgehead atoms. The summed E-state index contributed by atoms with van der Waals surface area (Å²) < 4.78 is 5.65. The molecule has 0 aromatic heterocycles. The molecule has 0 aliphatic carbocycles. The number of carbonyl (C=O) groups is 1. The fraction of sp³-hybridized carbons (Fsp3) is 0.611. The summed E-state index contributed by atoms with van der Waals surface area (Å²) in [6.45, 7) is 11.3. The van der Waals surface area contributed by atoms with Gasteiger partial charge in [0, 0.05) is 26.2 Å². The molecule has 4 nitrogen and oxygen atoms in total. The summed E-state index contributed by atoms with van der Waals surface area (Å²) in [5.41, 5.74) is 1.91. The summed E-state index contributed by atoms with van der Waals surface area (Å²) in [6.07, 6.45) is 0. The largest absolute Gasteiger partial charge is 0.493 e. The van der Waals surface area contributed by atoms with Gasteiger partial charge in [0.15, 0.2) is 5.78 Å². The average molecular weight is 304 g/mol. The second kappa shape index (κ2) is 7.75. The molecule has 122 valence electrons.